The summed E-state index contributed by atoms with van der Waals surface area (Å²) in [6.07, 6.45) is 4.43. The number of aromatic amines is 1. The van der Waals surface area contributed by atoms with E-state index in [-0.39, 0.29) is 11.5 Å². The van der Waals surface area contributed by atoms with Gasteiger partial charge in [-0.05, 0) is 30.9 Å². The molecular weight excluding hydrogens is 252 g/mol. The number of nitrogens with one attached hydrogen (secondary N) is 2. The normalized spacial score (nSPS) is 10.2. The number of benzene rings is 1. The SMILES string of the molecule is O=C(NCCCCc1ccccc1)c1ccc(=O)[nH]c1. The third-order valence-corrected chi connectivity index (χ3v) is 3.07. The molecule has 1 aromatic heterocycles. The fourth-order valence-electron chi connectivity index (χ4n) is 1.95. The highest BCUT2D eigenvalue weighted by atomic mass is 16.1. The van der Waals surface area contributed by atoms with Crippen LogP contribution in [0.25, 0.3) is 0 Å². The number of aryl methyl sites for hydroxylation is 1. The van der Waals surface area contributed by atoms with E-state index in [0.29, 0.717) is 12.1 Å². The number of pyridine rings is 1. The number of carbonyl (C=O) groups is 1. The van der Waals surface area contributed by atoms with Crippen LogP contribution in [0.4, 0.5) is 0 Å². The zero-order chi connectivity index (χ0) is 14.2. The first-order valence-electron chi connectivity index (χ1n) is 6.76. The molecule has 4 heteroatoms. The Balaban J connectivity index is 1.67. The summed E-state index contributed by atoms with van der Waals surface area (Å²) < 4.78 is 0. The van der Waals surface area contributed by atoms with Gasteiger partial charge in [-0.3, -0.25) is 9.59 Å². The molecule has 2 aromatic rings. The Morgan fingerprint density at radius 3 is 2.55 bits per heavy atom. The minimum Gasteiger partial charge on any atom is -0.352 e. The Kier molecular flexibility index (Phi) is 5.12. The van der Waals surface area contributed by atoms with Crippen molar-refractivity contribution in [1.29, 1.82) is 0 Å². The summed E-state index contributed by atoms with van der Waals surface area (Å²) in [7, 11) is 0. The maximum atomic E-state index is 11.8. The van der Waals surface area contributed by atoms with Gasteiger partial charge in [0, 0.05) is 18.8 Å². The van der Waals surface area contributed by atoms with Crippen LogP contribution in [0, 0.1) is 0 Å². The summed E-state index contributed by atoms with van der Waals surface area (Å²) in [5, 5.41) is 2.84. The quantitative estimate of drug-likeness (QED) is 0.790. The van der Waals surface area contributed by atoms with E-state index >= 15 is 0 Å². The van der Waals surface area contributed by atoms with Gasteiger partial charge in [0.15, 0.2) is 0 Å². The Hall–Kier alpha value is -2.36. The molecule has 2 rings (SSSR count). The highest BCUT2D eigenvalue weighted by Gasteiger charge is 2.03. The van der Waals surface area contributed by atoms with Gasteiger partial charge < -0.3 is 10.3 Å². The van der Waals surface area contributed by atoms with Crippen LogP contribution in [0.2, 0.25) is 0 Å². The molecule has 2 N–H and O–H groups in total. The van der Waals surface area contributed by atoms with Crippen LogP contribution in [0.1, 0.15) is 28.8 Å². The van der Waals surface area contributed by atoms with Crippen molar-refractivity contribution in [2.45, 2.75) is 19.3 Å². The average Bonchev–Trinajstić information content (AvgIpc) is 2.48. The van der Waals surface area contributed by atoms with Crippen LogP contribution < -0.4 is 10.9 Å². The number of H-pyrrole nitrogens is 1. The minimum absolute atomic E-state index is 0.152. The number of unbranched alkanes of at least 4 members (excludes halogenated alkanes) is 1. The Morgan fingerprint density at radius 2 is 1.85 bits per heavy atom. The van der Waals surface area contributed by atoms with Gasteiger partial charge >= 0.3 is 0 Å². The molecule has 20 heavy (non-hydrogen) atoms. The van der Waals surface area contributed by atoms with E-state index in [0.717, 1.165) is 19.3 Å². The fraction of sp³-hybridized carbons (Fsp3) is 0.250. The van der Waals surface area contributed by atoms with Gasteiger partial charge in [-0.2, -0.15) is 0 Å². The first-order valence-corrected chi connectivity index (χ1v) is 6.76. The average molecular weight is 270 g/mol. The summed E-state index contributed by atoms with van der Waals surface area (Å²) in [6.45, 7) is 0.644. The summed E-state index contributed by atoms with van der Waals surface area (Å²) in [4.78, 5) is 25.1. The van der Waals surface area contributed by atoms with Crippen molar-refractivity contribution < 1.29 is 4.79 Å². The first-order chi connectivity index (χ1) is 9.75. The summed E-state index contributed by atoms with van der Waals surface area (Å²) in [6, 6.07) is 13.2. The lowest BCUT2D eigenvalue weighted by Gasteiger charge is -2.05. The Morgan fingerprint density at radius 1 is 1.05 bits per heavy atom. The zero-order valence-electron chi connectivity index (χ0n) is 11.3. The first kappa shape index (κ1) is 14.1. The van der Waals surface area contributed by atoms with E-state index in [9.17, 15) is 9.59 Å². The maximum Gasteiger partial charge on any atom is 0.252 e. The van der Waals surface area contributed by atoms with Crippen LogP contribution in [-0.2, 0) is 6.42 Å². The lowest BCUT2D eigenvalue weighted by Crippen LogP contribution is -2.25. The van der Waals surface area contributed by atoms with Crippen molar-refractivity contribution in [3.8, 4) is 0 Å². The molecule has 0 saturated carbocycles. The molecule has 0 aliphatic rings. The topological polar surface area (TPSA) is 62.0 Å². The fourth-order valence-corrected chi connectivity index (χ4v) is 1.95. The number of rotatable bonds is 6. The van der Waals surface area contributed by atoms with Gasteiger partial charge in [0.2, 0.25) is 5.56 Å². The third-order valence-electron chi connectivity index (χ3n) is 3.07. The number of hydrogen-bond donors (Lipinski definition) is 2. The molecule has 0 unspecified atom stereocenters. The molecule has 0 bridgehead atoms. The highest BCUT2D eigenvalue weighted by Crippen LogP contribution is 2.04. The van der Waals surface area contributed by atoms with E-state index in [2.05, 4.69) is 22.4 Å². The smallest absolute Gasteiger partial charge is 0.252 e. The maximum absolute atomic E-state index is 11.8. The van der Waals surface area contributed by atoms with Crippen molar-refractivity contribution in [1.82, 2.24) is 10.3 Å². The molecule has 1 aromatic carbocycles. The molecule has 0 atom stereocenters. The second kappa shape index (κ2) is 7.28. The second-order valence-corrected chi connectivity index (χ2v) is 4.64. The van der Waals surface area contributed by atoms with Gasteiger partial charge in [0.25, 0.3) is 5.91 Å². The number of aromatic nitrogens is 1. The standard InChI is InChI=1S/C16H18N2O2/c19-15-10-9-14(12-18-15)16(20)17-11-5-4-8-13-6-2-1-3-7-13/h1-3,6-7,9-10,12H,4-5,8,11H2,(H,17,20)(H,18,19). The van der Waals surface area contributed by atoms with Crippen molar-refractivity contribution >= 4 is 5.91 Å². The molecule has 0 fully saturated rings. The predicted molar refractivity (Wildman–Crippen MR) is 78.8 cm³/mol. The Bertz CT molecular complexity index is 585. The lowest BCUT2D eigenvalue weighted by atomic mass is 10.1. The van der Waals surface area contributed by atoms with E-state index < -0.39 is 0 Å². The second-order valence-electron chi connectivity index (χ2n) is 4.64. The number of hydrogen-bond acceptors (Lipinski definition) is 2. The van der Waals surface area contributed by atoms with Crippen LogP contribution in [0.3, 0.4) is 0 Å². The molecule has 0 radical (unpaired) electrons. The van der Waals surface area contributed by atoms with Crippen molar-refractivity contribution in [3.63, 3.8) is 0 Å². The minimum atomic E-state index is -0.204. The van der Waals surface area contributed by atoms with Gasteiger partial charge in [-0.15, -0.1) is 0 Å². The molecular formula is C16H18N2O2. The van der Waals surface area contributed by atoms with Gasteiger partial charge in [0.05, 0.1) is 5.56 Å². The molecule has 0 aliphatic carbocycles. The summed E-state index contributed by atoms with van der Waals surface area (Å²) >= 11 is 0. The molecule has 1 heterocycles. The number of carbonyl (C=O) groups excluding carboxylic acids is 1. The lowest BCUT2D eigenvalue weighted by molar-refractivity contribution is 0.0952. The molecule has 104 valence electrons. The summed E-state index contributed by atoms with van der Waals surface area (Å²) in [5.74, 6) is -0.152. The monoisotopic (exact) mass is 270 g/mol. The zero-order valence-corrected chi connectivity index (χ0v) is 11.3. The third kappa shape index (κ3) is 4.39. The van der Waals surface area contributed by atoms with Crippen molar-refractivity contribution in [2.24, 2.45) is 0 Å². The van der Waals surface area contributed by atoms with E-state index in [1.807, 2.05) is 18.2 Å². The van der Waals surface area contributed by atoms with Crippen LogP contribution >= 0.6 is 0 Å². The van der Waals surface area contributed by atoms with Crippen molar-refractivity contribution in [2.75, 3.05) is 6.54 Å². The Labute approximate surface area is 117 Å². The molecule has 1 amide bonds. The molecule has 4 nitrogen and oxygen atoms in total. The van der Waals surface area contributed by atoms with Crippen LogP contribution in [0.5, 0.6) is 0 Å². The highest BCUT2D eigenvalue weighted by molar-refractivity contribution is 5.93. The number of amides is 1. The largest absolute Gasteiger partial charge is 0.352 e. The van der Waals surface area contributed by atoms with Gasteiger partial charge in [-0.25, -0.2) is 0 Å². The molecule has 0 aliphatic heterocycles. The predicted octanol–water partition coefficient (Wildman–Crippen LogP) is 2.13. The van der Waals surface area contributed by atoms with E-state index in [1.54, 1.807) is 0 Å². The van der Waals surface area contributed by atoms with E-state index in [4.69, 9.17) is 0 Å². The summed E-state index contributed by atoms with van der Waals surface area (Å²) in [5.41, 5.74) is 1.59. The van der Waals surface area contributed by atoms with Crippen LogP contribution in [0.15, 0.2) is 53.5 Å². The van der Waals surface area contributed by atoms with Gasteiger partial charge in [-0.1, -0.05) is 30.3 Å². The van der Waals surface area contributed by atoms with Crippen molar-refractivity contribution in [3.05, 3.63) is 70.1 Å². The van der Waals surface area contributed by atoms with Crippen LogP contribution in [-0.4, -0.2) is 17.4 Å². The molecule has 0 spiro atoms. The molecule has 0 saturated heterocycles. The van der Waals surface area contributed by atoms with Gasteiger partial charge in [0.1, 0.15) is 0 Å². The van der Waals surface area contributed by atoms with E-state index in [1.165, 1.54) is 23.9 Å².